The molecule has 0 fully saturated rings. The summed E-state index contributed by atoms with van der Waals surface area (Å²) in [6.07, 6.45) is 1.56. The van der Waals surface area contributed by atoms with Crippen molar-refractivity contribution >= 4 is 12.6 Å². The van der Waals surface area contributed by atoms with E-state index >= 15 is 0 Å². The molecule has 22 heavy (non-hydrogen) atoms. The number of rotatable bonds is 3. The van der Waals surface area contributed by atoms with Gasteiger partial charge < -0.3 is 19.8 Å². The third kappa shape index (κ3) is 14.6. The van der Waals surface area contributed by atoms with Gasteiger partial charge in [0.15, 0.2) is 0 Å². The molecular formula is C16H16O5Ti. The fraction of sp³-hybridized carbons (Fsp3) is 0.125. The van der Waals surface area contributed by atoms with Crippen LogP contribution in [0.4, 0.5) is 0 Å². The quantitative estimate of drug-likeness (QED) is 0.503. The molecule has 0 saturated carbocycles. The third-order valence-electron chi connectivity index (χ3n) is 1.82. The van der Waals surface area contributed by atoms with Gasteiger partial charge in [-0.25, -0.2) is 0 Å². The monoisotopic (exact) mass is 336 g/mol. The van der Waals surface area contributed by atoms with E-state index in [0.29, 0.717) is 11.1 Å². The van der Waals surface area contributed by atoms with E-state index in [4.69, 9.17) is 13.5 Å². The number of aliphatic hydroxyl groups is 2. The summed E-state index contributed by atoms with van der Waals surface area (Å²) in [5.74, 6) is 0. The van der Waals surface area contributed by atoms with Gasteiger partial charge in [-0.1, -0.05) is 0 Å². The van der Waals surface area contributed by atoms with E-state index < -0.39 is 0 Å². The summed E-state index contributed by atoms with van der Waals surface area (Å²) < 4.78 is 8.25. The molecule has 0 spiro atoms. The second-order valence-electron chi connectivity index (χ2n) is 3.32. The molecule has 6 heteroatoms. The van der Waals surface area contributed by atoms with Gasteiger partial charge in [-0.15, -0.1) is 71.8 Å². The molecule has 2 N–H and O–H groups in total. The maximum absolute atomic E-state index is 9.98. The van der Waals surface area contributed by atoms with Gasteiger partial charge in [0, 0.05) is 0 Å². The van der Waals surface area contributed by atoms with Crippen molar-refractivity contribution in [3.63, 3.8) is 0 Å². The van der Waals surface area contributed by atoms with Crippen molar-refractivity contribution in [3.8, 4) is 0 Å². The second-order valence-corrected chi connectivity index (χ2v) is 3.32. The molecule has 5 nitrogen and oxygen atoms in total. The molecule has 2 aromatic carbocycles. The first-order chi connectivity index (χ1) is 10.8. The third-order valence-corrected chi connectivity index (χ3v) is 1.82. The summed E-state index contributed by atoms with van der Waals surface area (Å²) in [6.45, 7) is -0.250. The molecule has 0 aliphatic carbocycles. The van der Waals surface area contributed by atoms with Gasteiger partial charge in [0.2, 0.25) is 0 Å². The van der Waals surface area contributed by atoms with Crippen LogP contribution >= 0.6 is 0 Å². The summed E-state index contributed by atoms with van der Waals surface area (Å²) in [4.78, 5) is 20.0. The Morgan fingerprint density at radius 3 is 1.32 bits per heavy atom. The van der Waals surface area contributed by atoms with E-state index in [0.717, 1.165) is 33.0 Å². The van der Waals surface area contributed by atoms with Crippen LogP contribution in [0.25, 0.3) is 0 Å². The first-order valence-corrected chi connectivity index (χ1v) is 6.68. The van der Waals surface area contributed by atoms with Gasteiger partial charge in [0.1, 0.15) is 0 Å². The Bertz CT molecular complexity index is 431. The molecule has 0 unspecified atom stereocenters. The van der Waals surface area contributed by atoms with Crippen LogP contribution in [0.5, 0.6) is 0 Å². The molecule has 0 amide bonds. The van der Waals surface area contributed by atoms with E-state index in [-0.39, 0.29) is 13.2 Å². The van der Waals surface area contributed by atoms with Gasteiger partial charge in [-0.3, -0.25) is 0 Å². The number of carbonyl (C=O) groups excluding carboxylic acids is 2. The predicted molar refractivity (Wildman–Crippen MR) is 76.2 cm³/mol. The fourth-order valence-electron chi connectivity index (χ4n) is 0.961. The van der Waals surface area contributed by atoms with E-state index in [2.05, 4.69) is 12.1 Å². The van der Waals surface area contributed by atoms with Crippen LogP contribution in [0.1, 0.15) is 20.7 Å². The Hall–Kier alpha value is -1.79. The zero-order valence-corrected chi connectivity index (χ0v) is 13.4. The van der Waals surface area contributed by atoms with Crippen molar-refractivity contribution < 1.29 is 43.5 Å². The summed E-state index contributed by atoms with van der Waals surface area (Å²) in [5.41, 5.74) is 1.21. The first kappa shape index (κ1) is 22.5. The standard InChI is InChI=1S/2C7H5O.C2H6O2.O.Ti/c2*8-6-7-4-2-1-3-5-7;3-1-2-4;;/h2*1-4,6H;3-4H,1-2H2;;/q2*-1;;;+2. The van der Waals surface area contributed by atoms with Crippen LogP contribution in [0.2, 0.25) is 0 Å². The number of aldehydes is 2. The minimum absolute atomic E-state index is 0.125. The van der Waals surface area contributed by atoms with E-state index in [9.17, 15) is 9.59 Å². The molecule has 114 valence electrons. The zero-order chi connectivity index (χ0) is 17.1. The van der Waals surface area contributed by atoms with E-state index in [1.165, 1.54) is 0 Å². The number of carbonyl (C=O) groups is 2. The Balaban J connectivity index is 0. The van der Waals surface area contributed by atoms with Crippen LogP contribution in [-0.4, -0.2) is 36.0 Å². The van der Waals surface area contributed by atoms with E-state index in [1.54, 1.807) is 36.4 Å². The predicted octanol–water partition coefficient (Wildman–Crippen LogP) is 1.45. The van der Waals surface area contributed by atoms with Crippen molar-refractivity contribution in [3.05, 3.63) is 71.8 Å². The van der Waals surface area contributed by atoms with Crippen LogP contribution in [0.3, 0.4) is 0 Å². The van der Waals surface area contributed by atoms with Gasteiger partial charge in [-0.05, 0) is 0 Å². The molecule has 2 aromatic rings. The number of benzene rings is 2. The SMILES string of the molecule is O=Cc1[c-]cccc1.O=Cc1[c-]cccc1.OCCO.[O]=[Ti+2]. The Labute approximate surface area is 141 Å². The van der Waals surface area contributed by atoms with E-state index in [1.807, 2.05) is 12.1 Å². The van der Waals surface area contributed by atoms with Crippen molar-refractivity contribution in [1.82, 2.24) is 0 Å². The first-order valence-electron chi connectivity index (χ1n) is 6.04. The van der Waals surface area contributed by atoms with Crippen molar-refractivity contribution in [2.24, 2.45) is 0 Å². The van der Waals surface area contributed by atoms with Gasteiger partial charge >= 0.3 is 23.7 Å². The van der Waals surface area contributed by atoms with Crippen molar-refractivity contribution in [2.75, 3.05) is 13.2 Å². The molecule has 0 atom stereocenters. The van der Waals surface area contributed by atoms with Crippen molar-refractivity contribution in [2.45, 2.75) is 0 Å². The average molecular weight is 336 g/mol. The summed E-state index contributed by atoms with van der Waals surface area (Å²) in [6, 6.07) is 19.6. The van der Waals surface area contributed by atoms with Gasteiger partial charge in [0.25, 0.3) is 0 Å². The van der Waals surface area contributed by atoms with Crippen LogP contribution < -0.4 is 0 Å². The molecule has 0 saturated heterocycles. The number of hydrogen-bond donors (Lipinski definition) is 2. The molecule has 0 bridgehead atoms. The molecule has 0 aromatic heterocycles. The average Bonchev–Trinajstić information content (AvgIpc) is 2.65. The molecule has 0 aliphatic heterocycles. The molecule has 0 heterocycles. The minimum atomic E-state index is -0.125. The molecular weight excluding hydrogens is 320 g/mol. The van der Waals surface area contributed by atoms with Crippen LogP contribution in [0, 0.1) is 12.1 Å². The van der Waals surface area contributed by atoms with Gasteiger partial charge in [-0.2, -0.15) is 0 Å². The second kappa shape index (κ2) is 19.2. The Kier molecular flexibility index (Phi) is 19.6. The van der Waals surface area contributed by atoms with Crippen molar-refractivity contribution in [1.29, 1.82) is 0 Å². The summed E-state index contributed by atoms with van der Waals surface area (Å²) in [5, 5.41) is 15.2. The topological polar surface area (TPSA) is 91.7 Å². The summed E-state index contributed by atoms with van der Waals surface area (Å²) >= 11 is 0.750. The number of aliphatic hydroxyl groups excluding tert-OH is 2. The normalized spacial score (nSPS) is 7.82. The molecule has 0 radical (unpaired) electrons. The maximum atomic E-state index is 9.98. The van der Waals surface area contributed by atoms with Crippen LogP contribution in [-0.2, 0) is 23.7 Å². The van der Waals surface area contributed by atoms with Gasteiger partial charge in [0.05, 0.1) is 25.8 Å². The summed E-state index contributed by atoms with van der Waals surface area (Å²) in [7, 11) is 0. The fourth-order valence-corrected chi connectivity index (χ4v) is 0.961. The molecule has 2 rings (SSSR count). The molecule has 0 aliphatic rings. The van der Waals surface area contributed by atoms with Crippen LogP contribution in [0.15, 0.2) is 48.5 Å². The number of hydrogen-bond acceptors (Lipinski definition) is 5. The Morgan fingerprint density at radius 1 is 0.818 bits per heavy atom. The Morgan fingerprint density at radius 2 is 1.18 bits per heavy atom. The zero-order valence-electron chi connectivity index (χ0n) is 11.8.